The first-order valence-electron chi connectivity index (χ1n) is 9.70. The lowest BCUT2D eigenvalue weighted by Crippen LogP contribution is -2.38. The number of nitrogens with zero attached hydrogens (tertiary/aromatic N) is 1. The Morgan fingerprint density at radius 1 is 1.10 bits per heavy atom. The van der Waals surface area contributed by atoms with Crippen LogP contribution in [0.1, 0.15) is 40.9 Å². The van der Waals surface area contributed by atoms with Gasteiger partial charge >= 0.3 is 0 Å². The SMILES string of the molecule is CCNC(=NCCC(O)c1ccccc1)NCCc1cccc(C(=O)NC)c1.I. The van der Waals surface area contributed by atoms with Crippen molar-refractivity contribution in [1.82, 2.24) is 16.0 Å². The molecular formula is C22H31IN4O2. The van der Waals surface area contributed by atoms with Crippen molar-refractivity contribution in [2.45, 2.75) is 25.9 Å². The topological polar surface area (TPSA) is 85.8 Å². The van der Waals surface area contributed by atoms with E-state index in [0.29, 0.717) is 25.1 Å². The summed E-state index contributed by atoms with van der Waals surface area (Å²) in [5.41, 5.74) is 2.66. The summed E-state index contributed by atoms with van der Waals surface area (Å²) in [6.07, 6.45) is 0.830. The van der Waals surface area contributed by atoms with Crippen molar-refractivity contribution >= 4 is 35.8 Å². The molecule has 29 heavy (non-hydrogen) atoms. The Balaban J connectivity index is 0.00000420. The Bertz CT molecular complexity index is 768. The summed E-state index contributed by atoms with van der Waals surface area (Å²) in [5, 5.41) is 19.4. The molecule has 1 amide bonds. The summed E-state index contributed by atoms with van der Waals surface area (Å²) in [5.74, 6) is 0.645. The van der Waals surface area contributed by atoms with Gasteiger partial charge in [0.1, 0.15) is 0 Å². The van der Waals surface area contributed by atoms with Crippen LogP contribution in [0, 0.1) is 0 Å². The summed E-state index contributed by atoms with van der Waals surface area (Å²) in [6.45, 7) is 4.00. The van der Waals surface area contributed by atoms with Gasteiger partial charge in [-0.25, -0.2) is 0 Å². The van der Waals surface area contributed by atoms with Gasteiger partial charge in [-0.15, -0.1) is 24.0 Å². The van der Waals surface area contributed by atoms with Crippen molar-refractivity contribution in [2.24, 2.45) is 4.99 Å². The number of hydrogen-bond donors (Lipinski definition) is 4. The smallest absolute Gasteiger partial charge is 0.251 e. The van der Waals surface area contributed by atoms with Crippen LogP contribution in [-0.2, 0) is 6.42 Å². The van der Waals surface area contributed by atoms with Gasteiger partial charge in [0.05, 0.1) is 6.10 Å². The molecule has 0 aliphatic carbocycles. The van der Waals surface area contributed by atoms with Crippen molar-refractivity contribution in [1.29, 1.82) is 0 Å². The molecule has 0 bridgehead atoms. The van der Waals surface area contributed by atoms with E-state index < -0.39 is 6.10 Å². The predicted molar refractivity (Wildman–Crippen MR) is 129 cm³/mol. The quantitative estimate of drug-likeness (QED) is 0.238. The van der Waals surface area contributed by atoms with E-state index in [4.69, 9.17) is 0 Å². The molecule has 0 radical (unpaired) electrons. The highest BCUT2D eigenvalue weighted by Crippen LogP contribution is 2.15. The largest absolute Gasteiger partial charge is 0.388 e. The van der Waals surface area contributed by atoms with Crippen LogP contribution in [0.2, 0.25) is 0 Å². The minimum atomic E-state index is -0.514. The second-order valence-corrected chi connectivity index (χ2v) is 6.43. The van der Waals surface area contributed by atoms with Crippen LogP contribution in [0.25, 0.3) is 0 Å². The van der Waals surface area contributed by atoms with Crippen LogP contribution in [-0.4, -0.2) is 43.7 Å². The highest BCUT2D eigenvalue weighted by atomic mass is 127. The first kappa shape index (κ1) is 24.9. The highest BCUT2D eigenvalue weighted by Gasteiger charge is 2.07. The van der Waals surface area contributed by atoms with Crippen LogP contribution < -0.4 is 16.0 Å². The molecule has 0 saturated carbocycles. The van der Waals surface area contributed by atoms with Crippen molar-refractivity contribution < 1.29 is 9.90 Å². The zero-order chi connectivity index (χ0) is 20.2. The summed E-state index contributed by atoms with van der Waals surface area (Å²) < 4.78 is 0. The van der Waals surface area contributed by atoms with Gasteiger partial charge < -0.3 is 21.1 Å². The van der Waals surface area contributed by atoms with Crippen LogP contribution in [0.3, 0.4) is 0 Å². The van der Waals surface area contributed by atoms with Gasteiger partial charge in [0.25, 0.3) is 5.91 Å². The lowest BCUT2D eigenvalue weighted by atomic mass is 10.1. The van der Waals surface area contributed by atoms with Gasteiger partial charge in [-0.1, -0.05) is 42.5 Å². The zero-order valence-corrected chi connectivity index (χ0v) is 19.4. The Morgan fingerprint density at radius 3 is 2.55 bits per heavy atom. The molecule has 2 aromatic carbocycles. The van der Waals surface area contributed by atoms with E-state index in [1.807, 2.05) is 55.5 Å². The van der Waals surface area contributed by atoms with E-state index in [0.717, 1.165) is 30.1 Å². The maximum atomic E-state index is 11.7. The molecule has 2 rings (SSSR count). The van der Waals surface area contributed by atoms with Crippen LogP contribution >= 0.6 is 24.0 Å². The van der Waals surface area contributed by atoms with Crippen LogP contribution in [0.15, 0.2) is 59.6 Å². The molecule has 7 heteroatoms. The van der Waals surface area contributed by atoms with E-state index in [9.17, 15) is 9.90 Å². The third kappa shape index (κ3) is 8.82. The molecule has 0 aliphatic heterocycles. The molecule has 2 aromatic rings. The normalized spacial score (nSPS) is 11.9. The lowest BCUT2D eigenvalue weighted by molar-refractivity contribution is 0.0963. The van der Waals surface area contributed by atoms with Crippen molar-refractivity contribution in [2.75, 3.05) is 26.7 Å². The average Bonchev–Trinajstić information content (AvgIpc) is 2.74. The van der Waals surface area contributed by atoms with E-state index in [1.165, 1.54) is 0 Å². The first-order valence-corrected chi connectivity index (χ1v) is 9.70. The molecule has 4 N–H and O–H groups in total. The molecule has 158 valence electrons. The van der Waals surface area contributed by atoms with E-state index in [2.05, 4.69) is 20.9 Å². The monoisotopic (exact) mass is 510 g/mol. The van der Waals surface area contributed by atoms with Gasteiger partial charge in [0, 0.05) is 32.2 Å². The van der Waals surface area contributed by atoms with Gasteiger partial charge in [0.15, 0.2) is 5.96 Å². The number of benzene rings is 2. The summed E-state index contributed by atoms with van der Waals surface area (Å²) in [7, 11) is 1.63. The Labute approximate surface area is 190 Å². The van der Waals surface area contributed by atoms with Crippen molar-refractivity contribution in [3.63, 3.8) is 0 Å². The number of aliphatic imine (C=N–C) groups is 1. The number of halogens is 1. The number of guanidine groups is 1. The Hall–Kier alpha value is -2.13. The number of aliphatic hydroxyl groups is 1. The molecule has 0 spiro atoms. The number of amides is 1. The van der Waals surface area contributed by atoms with E-state index >= 15 is 0 Å². The molecule has 0 heterocycles. The predicted octanol–water partition coefficient (Wildman–Crippen LogP) is 2.89. The van der Waals surface area contributed by atoms with E-state index in [1.54, 1.807) is 13.1 Å². The van der Waals surface area contributed by atoms with E-state index in [-0.39, 0.29) is 29.9 Å². The number of carbonyl (C=O) groups is 1. The van der Waals surface area contributed by atoms with Gasteiger partial charge in [-0.2, -0.15) is 0 Å². The maximum Gasteiger partial charge on any atom is 0.251 e. The molecule has 0 aromatic heterocycles. The highest BCUT2D eigenvalue weighted by molar-refractivity contribution is 14.0. The van der Waals surface area contributed by atoms with Crippen molar-refractivity contribution in [3.8, 4) is 0 Å². The fraction of sp³-hybridized carbons (Fsp3) is 0.364. The van der Waals surface area contributed by atoms with Gasteiger partial charge in [-0.3, -0.25) is 9.79 Å². The minimum absolute atomic E-state index is 0. The molecule has 0 aliphatic rings. The fourth-order valence-corrected chi connectivity index (χ4v) is 2.82. The molecule has 0 saturated heterocycles. The fourth-order valence-electron chi connectivity index (χ4n) is 2.82. The minimum Gasteiger partial charge on any atom is -0.388 e. The average molecular weight is 510 g/mol. The molecular weight excluding hydrogens is 479 g/mol. The standard InChI is InChI=1S/C22H30N4O2.HI/c1-3-24-22(26-15-13-20(27)18-9-5-4-6-10-18)25-14-12-17-8-7-11-19(16-17)21(28)23-2;/h4-11,16,20,27H,3,12-15H2,1-2H3,(H,23,28)(H2,24,25,26);1H. The maximum absolute atomic E-state index is 11.7. The third-order valence-electron chi connectivity index (χ3n) is 4.32. The van der Waals surface area contributed by atoms with Gasteiger partial charge in [0.2, 0.25) is 0 Å². The second kappa shape index (κ2) is 13.9. The third-order valence-corrected chi connectivity index (χ3v) is 4.32. The Kier molecular flexibility index (Phi) is 12.0. The van der Waals surface area contributed by atoms with Gasteiger partial charge in [-0.05, 0) is 43.0 Å². The number of carbonyl (C=O) groups excluding carboxylic acids is 1. The van der Waals surface area contributed by atoms with Crippen LogP contribution in [0.5, 0.6) is 0 Å². The number of nitrogens with one attached hydrogen (secondary N) is 3. The zero-order valence-electron chi connectivity index (χ0n) is 17.0. The van der Waals surface area contributed by atoms with Crippen molar-refractivity contribution in [3.05, 3.63) is 71.3 Å². The molecule has 1 atom stereocenters. The summed E-state index contributed by atoms with van der Waals surface area (Å²) in [4.78, 5) is 16.3. The molecule has 1 unspecified atom stereocenters. The van der Waals surface area contributed by atoms with Crippen LogP contribution in [0.4, 0.5) is 0 Å². The number of hydrogen-bond acceptors (Lipinski definition) is 3. The Morgan fingerprint density at radius 2 is 1.86 bits per heavy atom. The molecule has 6 nitrogen and oxygen atoms in total. The second-order valence-electron chi connectivity index (χ2n) is 6.43. The lowest BCUT2D eigenvalue weighted by Gasteiger charge is -2.13. The number of aliphatic hydroxyl groups excluding tert-OH is 1. The first-order chi connectivity index (χ1) is 13.6. The summed E-state index contributed by atoms with van der Waals surface area (Å²) >= 11 is 0. The number of rotatable bonds is 9. The summed E-state index contributed by atoms with van der Waals surface area (Å²) in [6, 6.07) is 17.2. The molecule has 0 fully saturated rings.